The standard InChI is InChI=1S/C19H19BrN4O4/c1-12-18(20)16(10-26-2)15(8-21)19(23-12)28-11-17(25)24-22-9-13-4-6-14(27-3)7-5-13/h4-7,9H,10-11H2,1-3H3,(H,24,25)/b22-9-. The van der Waals surface area contributed by atoms with Gasteiger partial charge in [0.05, 0.1) is 25.6 Å². The Balaban J connectivity index is 2.00. The second-order valence-corrected chi connectivity index (χ2v) is 6.36. The fourth-order valence-electron chi connectivity index (χ4n) is 2.25. The van der Waals surface area contributed by atoms with Crippen molar-refractivity contribution in [2.75, 3.05) is 20.8 Å². The lowest BCUT2D eigenvalue weighted by atomic mass is 10.1. The summed E-state index contributed by atoms with van der Waals surface area (Å²) in [6.07, 6.45) is 1.50. The number of hydrazone groups is 1. The summed E-state index contributed by atoms with van der Waals surface area (Å²) < 4.78 is 16.3. The molecule has 146 valence electrons. The van der Waals surface area contributed by atoms with Crippen molar-refractivity contribution >= 4 is 28.1 Å². The first-order chi connectivity index (χ1) is 13.5. The maximum atomic E-state index is 12.0. The van der Waals surface area contributed by atoms with Crippen LogP contribution in [0.15, 0.2) is 33.8 Å². The van der Waals surface area contributed by atoms with E-state index in [1.54, 1.807) is 38.3 Å². The van der Waals surface area contributed by atoms with Crippen molar-refractivity contribution < 1.29 is 19.0 Å². The van der Waals surface area contributed by atoms with Gasteiger partial charge in [0.1, 0.15) is 17.4 Å². The second-order valence-electron chi connectivity index (χ2n) is 5.57. The second kappa shape index (κ2) is 10.4. The predicted octanol–water partition coefficient (Wildman–Crippen LogP) is 2.71. The molecular formula is C19H19BrN4O4. The van der Waals surface area contributed by atoms with Crippen LogP contribution in [-0.2, 0) is 16.1 Å². The number of aryl methyl sites for hydroxylation is 1. The van der Waals surface area contributed by atoms with E-state index in [0.29, 0.717) is 15.7 Å². The summed E-state index contributed by atoms with van der Waals surface area (Å²) >= 11 is 3.40. The van der Waals surface area contributed by atoms with Crippen molar-refractivity contribution in [3.63, 3.8) is 0 Å². The van der Waals surface area contributed by atoms with Gasteiger partial charge < -0.3 is 14.2 Å². The molecule has 9 heteroatoms. The minimum absolute atomic E-state index is 0.0736. The summed E-state index contributed by atoms with van der Waals surface area (Å²) in [4.78, 5) is 16.2. The van der Waals surface area contributed by atoms with Crippen LogP contribution < -0.4 is 14.9 Å². The van der Waals surface area contributed by atoms with Gasteiger partial charge in [-0.05, 0) is 52.7 Å². The summed E-state index contributed by atoms with van der Waals surface area (Å²) in [6, 6.07) is 9.22. The summed E-state index contributed by atoms with van der Waals surface area (Å²) in [7, 11) is 3.11. The third-order valence-electron chi connectivity index (χ3n) is 3.63. The van der Waals surface area contributed by atoms with Gasteiger partial charge in [0, 0.05) is 17.1 Å². The summed E-state index contributed by atoms with van der Waals surface area (Å²) in [5.74, 6) is 0.321. The number of nitriles is 1. The zero-order chi connectivity index (χ0) is 20.5. The van der Waals surface area contributed by atoms with Gasteiger partial charge in [-0.15, -0.1) is 0 Å². The van der Waals surface area contributed by atoms with Gasteiger partial charge in [-0.1, -0.05) is 0 Å². The van der Waals surface area contributed by atoms with Crippen LogP contribution in [0.25, 0.3) is 0 Å². The van der Waals surface area contributed by atoms with Crippen molar-refractivity contribution in [3.8, 4) is 17.7 Å². The molecule has 0 aliphatic rings. The maximum Gasteiger partial charge on any atom is 0.278 e. The molecule has 0 bridgehead atoms. The lowest BCUT2D eigenvalue weighted by molar-refractivity contribution is -0.123. The van der Waals surface area contributed by atoms with Crippen molar-refractivity contribution in [3.05, 3.63) is 51.1 Å². The molecule has 2 rings (SSSR count). The third-order valence-corrected chi connectivity index (χ3v) is 4.68. The third kappa shape index (κ3) is 5.52. The van der Waals surface area contributed by atoms with Crippen LogP contribution in [0.5, 0.6) is 11.6 Å². The van der Waals surface area contributed by atoms with Gasteiger partial charge in [-0.3, -0.25) is 4.79 Å². The number of rotatable bonds is 8. The summed E-state index contributed by atoms with van der Waals surface area (Å²) in [5.41, 5.74) is 4.61. The van der Waals surface area contributed by atoms with E-state index in [4.69, 9.17) is 14.2 Å². The van der Waals surface area contributed by atoms with Crippen molar-refractivity contribution in [1.29, 1.82) is 5.26 Å². The van der Waals surface area contributed by atoms with Crippen molar-refractivity contribution in [1.82, 2.24) is 10.4 Å². The Morgan fingerprint density at radius 2 is 2.07 bits per heavy atom. The number of aromatic nitrogens is 1. The van der Waals surface area contributed by atoms with Crippen LogP contribution in [0.1, 0.15) is 22.4 Å². The normalized spacial score (nSPS) is 10.5. The highest BCUT2D eigenvalue weighted by Gasteiger charge is 2.18. The summed E-state index contributed by atoms with van der Waals surface area (Å²) in [5, 5.41) is 13.3. The Labute approximate surface area is 171 Å². The van der Waals surface area contributed by atoms with Gasteiger partial charge >= 0.3 is 0 Å². The molecule has 0 unspecified atom stereocenters. The minimum Gasteiger partial charge on any atom is -0.497 e. The highest BCUT2D eigenvalue weighted by atomic mass is 79.9. The molecule has 1 aromatic carbocycles. The van der Waals surface area contributed by atoms with E-state index in [0.717, 1.165) is 11.3 Å². The van der Waals surface area contributed by atoms with Crippen LogP contribution in [0, 0.1) is 18.3 Å². The average molecular weight is 447 g/mol. The summed E-state index contributed by atoms with van der Waals surface area (Å²) in [6.45, 7) is 1.63. The molecule has 1 aromatic heterocycles. The lowest BCUT2D eigenvalue weighted by Crippen LogP contribution is -2.25. The molecule has 0 fully saturated rings. The fourth-order valence-corrected chi connectivity index (χ4v) is 2.65. The molecule has 28 heavy (non-hydrogen) atoms. The molecule has 0 spiro atoms. The molecule has 0 saturated carbocycles. The van der Waals surface area contributed by atoms with Crippen LogP contribution >= 0.6 is 15.9 Å². The molecule has 0 atom stereocenters. The van der Waals surface area contributed by atoms with Crippen LogP contribution in [0.2, 0.25) is 0 Å². The average Bonchev–Trinajstić information content (AvgIpc) is 2.70. The highest BCUT2D eigenvalue weighted by molar-refractivity contribution is 9.10. The van der Waals surface area contributed by atoms with E-state index in [1.165, 1.54) is 13.3 Å². The smallest absolute Gasteiger partial charge is 0.278 e. The van der Waals surface area contributed by atoms with E-state index in [2.05, 4.69) is 31.4 Å². The number of carbonyl (C=O) groups excluding carboxylic acids is 1. The van der Waals surface area contributed by atoms with Gasteiger partial charge in [0.25, 0.3) is 5.91 Å². The predicted molar refractivity (Wildman–Crippen MR) is 106 cm³/mol. The lowest BCUT2D eigenvalue weighted by Gasteiger charge is -2.13. The SMILES string of the molecule is COCc1c(Br)c(C)nc(OCC(=O)N/N=C\c2ccc(OC)cc2)c1C#N. The Hall–Kier alpha value is -2.96. The number of methoxy groups -OCH3 is 2. The molecule has 0 saturated heterocycles. The fraction of sp³-hybridized carbons (Fsp3) is 0.263. The Kier molecular flexibility index (Phi) is 7.92. The molecular weight excluding hydrogens is 428 g/mol. The molecule has 1 N–H and O–H groups in total. The van der Waals surface area contributed by atoms with Gasteiger partial charge in [0.2, 0.25) is 5.88 Å². The Bertz CT molecular complexity index is 908. The van der Waals surface area contributed by atoms with Gasteiger partial charge in [0.15, 0.2) is 6.61 Å². The largest absolute Gasteiger partial charge is 0.497 e. The Morgan fingerprint density at radius 3 is 2.68 bits per heavy atom. The number of halogens is 1. The minimum atomic E-state index is -0.482. The van der Waals surface area contributed by atoms with Crippen LogP contribution in [0.3, 0.4) is 0 Å². The maximum absolute atomic E-state index is 12.0. The van der Waals surface area contributed by atoms with E-state index >= 15 is 0 Å². The van der Waals surface area contributed by atoms with E-state index in [-0.39, 0.29) is 24.7 Å². The van der Waals surface area contributed by atoms with Crippen molar-refractivity contribution in [2.45, 2.75) is 13.5 Å². The monoisotopic (exact) mass is 446 g/mol. The topological polar surface area (TPSA) is 106 Å². The number of benzene rings is 1. The van der Waals surface area contributed by atoms with Crippen molar-refractivity contribution in [2.24, 2.45) is 5.10 Å². The first-order valence-electron chi connectivity index (χ1n) is 8.16. The zero-order valence-electron chi connectivity index (χ0n) is 15.7. The van der Waals surface area contributed by atoms with E-state index in [9.17, 15) is 10.1 Å². The molecule has 0 aliphatic carbocycles. The molecule has 2 aromatic rings. The number of hydrogen-bond acceptors (Lipinski definition) is 7. The first kappa shape index (κ1) is 21.3. The van der Waals surface area contributed by atoms with E-state index < -0.39 is 5.91 Å². The molecule has 8 nitrogen and oxygen atoms in total. The quantitative estimate of drug-likeness (QED) is 0.493. The molecule has 1 heterocycles. The molecule has 1 amide bonds. The Morgan fingerprint density at radius 1 is 1.36 bits per heavy atom. The number of hydrogen-bond donors (Lipinski definition) is 1. The van der Waals surface area contributed by atoms with Gasteiger partial charge in [-0.25, -0.2) is 10.4 Å². The van der Waals surface area contributed by atoms with E-state index in [1.807, 2.05) is 6.07 Å². The number of pyridine rings is 1. The number of nitrogens with one attached hydrogen (secondary N) is 1. The first-order valence-corrected chi connectivity index (χ1v) is 8.96. The molecule has 0 radical (unpaired) electrons. The number of ether oxygens (including phenoxy) is 3. The van der Waals surface area contributed by atoms with Crippen LogP contribution in [0.4, 0.5) is 0 Å². The zero-order valence-corrected chi connectivity index (χ0v) is 17.2. The van der Waals surface area contributed by atoms with Crippen LogP contribution in [-0.4, -0.2) is 37.9 Å². The molecule has 0 aliphatic heterocycles. The van der Waals surface area contributed by atoms with Gasteiger partial charge in [-0.2, -0.15) is 10.4 Å². The number of nitrogens with zero attached hydrogens (tertiary/aromatic N) is 3. The highest BCUT2D eigenvalue weighted by Crippen LogP contribution is 2.29. The number of amides is 1. The number of carbonyl (C=O) groups is 1.